The van der Waals surface area contributed by atoms with E-state index in [1.807, 2.05) is 23.1 Å². The highest BCUT2D eigenvalue weighted by atomic mass is 35.5. The number of nitrogens with one attached hydrogen (secondary N) is 1. The highest BCUT2D eigenvalue weighted by Crippen LogP contribution is 2.36. The van der Waals surface area contributed by atoms with Crippen molar-refractivity contribution in [3.8, 4) is 11.5 Å². The van der Waals surface area contributed by atoms with Crippen LogP contribution >= 0.6 is 11.6 Å². The number of rotatable bonds is 9. The van der Waals surface area contributed by atoms with Crippen molar-refractivity contribution in [1.82, 2.24) is 4.90 Å². The fourth-order valence-corrected chi connectivity index (χ4v) is 3.93. The van der Waals surface area contributed by atoms with Gasteiger partial charge in [0.2, 0.25) is 5.91 Å². The van der Waals surface area contributed by atoms with Crippen LogP contribution in [0.5, 0.6) is 11.5 Å². The minimum atomic E-state index is -0.668. The van der Waals surface area contributed by atoms with Gasteiger partial charge < -0.3 is 26.3 Å². The Balaban J connectivity index is 1.80. The molecular weight excluding hydrogens is 436 g/mol. The van der Waals surface area contributed by atoms with E-state index < -0.39 is 11.8 Å². The summed E-state index contributed by atoms with van der Waals surface area (Å²) in [5.41, 5.74) is 12.3. The van der Waals surface area contributed by atoms with Gasteiger partial charge in [-0.3, -0.25) is 19.3 Å². The summed E-state index contributed by atoms with van der Waals surface area (Å²) in [6.07, 6.45) is 1.62. The van der Waals surface area contributed by atoms with Crippen molar-refractivity contribution in [3.63, 3.8) is 0 Å². The molecule has 10 heteroatoms. The van der Waals surface area contributed by atoms with E-state index in [9.17, 15) is 14.4 Å². The topological polar surface area (TPSA) is 137 Å². The molecule has 5 N–H and O–H groups in total. The van der Waals surface area contributed by atoms with Crippen molar-refractivity contribution >= 4 is 35.0 Å². The predicted molar refractivity (Wildman–Crippen MR) is 120 cm³/mol. The number of carbonyl (C=O) groups excluding carboxylic acids is 3. The molecule has 3 amide bonds. The Bertz CT molecular complexity index is 1030. The van der Waals surface area contributed by atoms with Gasteiger partial charge in [-0.1, -0.05) is 29.8 Å². The molecular formula is C22H25ClN4O5. The molecule has 0 spiro atoms. The van der Waals surface area contributed by atoms with E-state index >= 15 is 0 Å². The van der Waals surface area contributed by atoms with Crippen LogP contribution in [0.15, 0.2) is 36.4 Å². The van der Waals surface area contributed by atoms with E-state index in [2.05, 4.69) is 5.32 Å². The zero-order chi connectivity index (χ0) is 23.3. The molecule has 1 aliphatic rings. The Labute approximate surface area is 190 Å². The van der Waals surface area contributed by atoms with E-state index in [4.69, 9.17) is 32.5 Å². The molecule has 0 radical (unpaired) electrons. The van der Waals surface area contributed by atoms with Gasteiger partial charge in [0.25, 0.3) is 11.8 Å². The number of nitrogens with two attached hydrogens (primary N) is 2. The van der Waals surface area contributed by atoms with Crippen molar-refractivity contribution in [2.75, 3.05) is 25.6 Å². The van der Waals surface area contributed by atoms with Gasteiger partial charge in [-0.15, -0.1) is 0 Å². The number of primary amides is 2. The number of carbonyl (C=O) groups is 3. The molecule has 32 heavy (non-hydrogen) atoms. The van der Waals surface area contributed by atoms with Gasteiger partial charge in [-0.25, -0.2) is 0 Å². The average Bonchev–Trinajstić information content (AvgIpc) is 3.22. The summed E-state index contributed by atoms with van der Waals surface area (Å²) in [5, 5.41) is 2.98. The molecule has 1 saturated heterocycles. The molecule has 9 nitrogen and oxygen atoms in total. The Morgan fingerprint density at radius 1 is 1.22 bits per heavy atom. The molecule has 1 fully saturated rings. The first-order valence-corrected chi connectivity index (χ1v) is 10.4. The van der Waals surface area contributed by atoms with Gasteiger partial charge in [-0.2, -0.15) is 0 Å². The molecule has 0 saturated carbocycles. The zero-order valence-corrected chi connectivity index (χ0v) is 18.4. The van der Waals surface area contributed by atoms with Gasteiger partial charge in [-0.05, 0) is 43.1 Å². The minimum absolute atomic E-state index is 0.102. The fourth-order valence-electron chi connectivity index (χ4n) is 3.67. The third-order valence-corrected chi connectivity index (χ3v) is 5.46. The summed E-state index contributed by atoms with van der Waals surface area (Å²) in [6, 6.07) is 9.92. The Kier molecular flexibility index (Phi) is 7.55. The highest BCUT2D eigenvalue weighted by molar-refractivity contribution is 6.32. The lowest BCUT2D eigenvalue weighted by atomic mass is 10.1. The van der Waals surface area contributed by atoms with Crippen molar-refractivity contribution in [3.05, 3.63) is 52.5 Å². The molecule has 1 atom stereocenters. The monoisotopic (exact) mass is 460 g/mol. The molecule has 170 valence electrons. The second kappa shape index (κ2) is 10.3. The number of nitrogens with zero attached hydrogens (tertiary/aromatic N) is 1. The van der Waals surface area contributed by atoms with Crippen molar-refractivity contribution in [1.29, 1.82) is 0 Å². The average molecular weight is 461 g/mol. The summed E-state index contributed by atoms with van der Waals surface area (Å²) < 4.78 is 10.5. The fraction of sp³-hybridized carbons (Fsp3) is 0.318. The van der Waals surface area contributed by atoms with Crippen LogP contribution in [0.1, 0.15) is 28.8 Å². The number of methoxy groups -OCH3 is 1. The molecule has 0 aromatic heterocycles. The Hall–Kier alpha value is -3.30. The quantitative estimate of drug-likeness (QED) is 0.522. The Morgan fingerprint density at radius 3 is 2.66 bits per heavy atom. The van der Waals surface area contributed by atoms with E-state index in [1.165, 1.54) is 19.2 Å². The smallest absolute Gasteiger partial charge is 0.255 e. The lowest BCUT2D eigenvalue weighted by Crippen LogP contribution is -2.39. The molecule has 1 unspecified atom stereocenters. The lowest BCUT2D eigenvalue weighted by molar-refractivity contribution is -0.122. The van der Waals surface area contributed by atoms with E-state index in [0.29, 0.717) is 12.2 Å². The van der Waals surface area contributed by atoms with Crippen LogP contribution in [0, 0.1) is 0 Å². The molecule has 0 aliphatic carbocycles. The van der Waals surface area contributed by atoms with Crippen LogP contribution in [0.2, 0.25) is 5.02 Å². The third kappa shape index (κ3) is 5.49. The van der Waals surface area contributed by atoms with Gasteiger partial charge in [0.15, 0.2) is 18.1 Å². The first-order valence-electron chi connectivity index (χ1n) is 10.0. The maximum Gasteiger partial charge on any atom is 0.255 e. The van der Waals surface area contributed by atoms with E-state index in [1.54, 1.807) is 6.07 Å². The maximum atomic E-state index is 12.9. The number of ether oxygens (including phenoxy) is 2. The van der Waals surface area contributed by atoms with E-state index in [-0.39, 0.29) is 40.6 Å². The number of para-hydroxylation sites is 1. The second-order valence-electron chi connectivity index (χ2n) is 7.39. The zero-order valence-electron chi connectivity index (χ0n) is 17.6. The van der Waals surface area contributed by atoms with Crippen LogP contribution in [-0.4, -0.2) is 48.9 Å². The molecule has 1 heterocycles. The summed E-state index contributed by atoms with van der Waals surface area (Å²) in [6.45, 7) is 0.862. The molecule has 3 rings (SSSR count). The largest absolute Gasteiger partial charge is 0.493 e. The number of benzene rings is 2. The summed E-state index contributed by atoms with van der Waals surface area (Å²) in [4.78, 5) is 37.7. The Morgan fingerprint density at radius 2 is 1.97 bits per heavy atom. The standard InChI is InChI=1S/C22H25ClN4O5/c1-31-18-10-14(9-15(23)20(18)32-12-19(24)28)22(30)26-16-6-3-2-5-13(16)11-27-8-4-7-17(27)21(25)29/h2-3,5-6,9-10,17H,4,7-8,11-12H2,1H3,(H2,24,28)(H2,25,29)(H,26,30). The third-order valence-electron chi connectivity index (χ3n) is 5.18. The van der Waals surface area contributed by atoms with Crippen molar-refractivity contribution in [2.24, 2.45) is 11.5 Å². The summed E-state index contributed by atoms with van der Waals surface area (Å²) >= 11 is 6.25. The van der Waals surface area contributed by atoms with Crippen molar-refractivity contribution in [2.45, 2.75) is 25.4 Å². The van der Waals surface area contributed by atoms with Crippen molar-refractivity contribution < 1.29 is 23.9 Å². The first kappa shape index (κ1) is 23.4. The molecule has 1 aliphatic heterocycles. The molecule has 0 bridgehead atoms. The maximum absolute atomic E-state index is 12.9. The van der Waals surface area contributed by atoms with Crippen LogP contribution in [0.4, 0.5) is 5.69 Å². The number of amides is 3. The normalized spacial score (nSPS) is 15.9. The van der Waals surface area contributed by atoms with Gasteiger partial charge in [0, 0.05) is 17.8 Å². The van der Waals surface area contributed by atoms with Crippen LogP contribution in [0.25, 0.3) is 0 Å². The SMILES string of the molecule is COc1cc(C(=O)Nc2ccccc2CN2CCCC2C(N)=O)cc(Cl)c1OCC(N)=O. The van der Waals surface area contributed by atoms with Gasteiger partial charge >= 0.3 is 0 Å². The minimum Gasteiger partial charge on any atom is -0.493 e. The molecule has 2 aromatic rings. The highest BCUT2D eigenvalue weighted by Gasteiger charge is 2.29. The summed E-state index contributed by atoms with van der Waals surface area (Å²) in [5.74, 6) is -1.11. The number of hydrogen-bond donors (Lipinski definition) is 3. The number of anilines is 1. The summed E-state index contributed by atoms with van der Waals surface area (Å²) in [7, 11) is 1.39. The number of likely N-dealkylation sites (tertiary alicyclic amines) is 1. The predicted octanol–water partition coefficient (Wildman–Crippen LogP) is 1.91. The van der Waals surface area contributed by atoms with Crippen LogP contribution < -0.4 is 26.3 Å². The molecule has 2 aromatic carbocycles. The van der Waals surface area contributed by atoms with Crippen LogP contribution in [0.3, 0.4) is 0 Å². The second-order valence-corrected chi connectivity index (χ2v) is 7.79. The number of halogens is 1. The first-order chi connectivity index (χ1) is 15.3. The van der Waals surface area contributed by atoms with Gasteiger partial charge in [0.1, 0.15) is 0 Å². The van der Waals surface area contributed by atoms with E-state index in [0.717, 1.165) is 24.9 Å². The van der Waals surface area contributed by atoms with Gasteiger partial charge in [0.05, 0.1) is 18.2 Å². The van der Waals surface area contributed by atoms with Crippen LogP contribution in [-0.2, 0) is 16.1 Å². The lowest BCUT2D eigenvalue weighted by Gasteiger charge is -2.23. The number of hydrogen-bond acceptors (Lipinski definition) is 6.